The quantitative estimate of drug-likeness (QED) is 0.414. The number of benzene rings is 2. The maximum Gasteiger partial charge on any atom is 0.348 e. The number of carbonyl (C=O) groups is 2. The van der Waals surface area contributed by atoms with Crippen LogP contribution in [-0.4, -0.2) is 46.9 Å². The van der Waals surface area contributed by atoms with Crippen molar-refractivity contribution < 1.29 is 33.3 Å². The molecule has 9 heteroatoms. The zero-order valence-electron chi connectivity index (χ0n) is 19.9. The van der Waals surface area contributed by atoms with Gasteiger partial charge in [-0.2, -0.15) is 0 Å². The van der Waals surface area contributed by atoms with E-state index in [0.29, 0.717) is 33.6 Å². The Balaban J connectivity index is 2.26. The molecular formula is C25H27NO7S. The van der Waals surface area contributed by atoms with Crippen molar-refractivity contribution in [2.45, 2.75) is 13.8 Å². The van der Waals surface area contributed by atoms with Crippen LogP contribution in [-0.2, 0) is 9.53 Å². The Morgan fingerprint density at radius 2 is 1.50 bits per heavy atom. The lowest BCUT2D eigenvalue weighted by molar-refractivity contribution is -0.114. The van der Waals surface area contributed by atoms with Gasteiger partial charge in [-0.15, -0.1) is 11.3 Å². The van der Waals surface area contributed by atoms with Gasteiger partial charge in [-0.05, 0) is 54.4 Å². The second-order valence-electron chi connectivity index (χ2n) is 7.08. The minimum absolute atomic E-state index is 0.223. The van der Waals surface area contributed by atoms with Crippen molar-refractivity contribution in [2.24, 2.45) is 0 Å². The predicted molar refractivity (Wildman–Crippen MR) is 132 cm³/mol. The van der Waals surface area contributed by atoms with Gasteiger partial charge in [0.1, 0.15) is 10.6 Å². The van der Waals surface area contributed by atoms with E-state index in [-0.39, 0.29) is 12.5 Å². The molecule has 1 amide bonds. The van der Waals surface area contributed by atoms with Crippen LogP contribution in [0.25, 0.3) is 21.6 Å². The third kappa shape index (κ3) is 5.09. The molecule has 0 saturated heterocycles. The lowest BCUT2D eigenvalue weighted by Crippen LogP contribution is -2.07. The third-order valence-corrected chi connectivity index (χ3v) is 6.12. The molecule has 0 bridgehead atoms. The molecule has 8 nitrogen and oxygen atoms in total. The van der Waals surface area contributed by atoms with Crippen molar-refractivity contribution in [3.63, 3.8) is 0 Å². The first-order chi connectivity index (χ1) is 16.4. The monoisotopic (exact) mass is 485 g/mol. The fourth-order valence-corrected chi connectivity index (χ4v) is 4.57. The van der Waals surface area contributed by atoms with E-state index >= 15 is 0 Å². The lowest BCUT2D eigenvalue weighted by atomic mass is 10.0. The maximum atomic E-state index is 12.6. The molecule has 34 heavy (non-hydrogen) atoms. The van der Waals surface area contributed by atoms with Gasteiger partial charge in [-0.1, -0.05) is 0 Å². The summed E-state index contributed by atoms with van der Waals surface area (Å²) in [6.45, 7) is 3.45. The average molecular weight is 486 g/mol. The molecule has 0 radical (unpaired) electrons. The number of rotatable bonds is 9. The van der Waals surface area contributed by atoms with Gasteiger partial charge in [0.05, 0.1) is 40.7 Å². The van der Waals surface area contributed by atoms with E-state index in [1.807, 2.05) is 24.3 Å². The molecule has 3 rings (SSSR count). The van der Waals surface area contributed by atoms with Crippen LogP contribution in [0.4, 0.5) is 5.69 Å². The Kier molecular flexibility index (Phi) is 8.01. The van der Waals surface area contributed by atoms with Crippen LogP contribution in [0.2, 0.25) is 0 Å². The van der Waals surface area contributed by atoms with Crippen molar-refractivity contribution in [3.05, 3.63) is 41.3 Å². The maximum absolute atomic E-state index is 12.6. The summed E-state index contributed by atoms with van der Waals surface area (Å²) in [5.41, 5.74) is 2.84. The molecule has 3 aromatic rings. The van der Waals surface area contributed by atoms with Crippen LogP contribution in [0.1, 0.15) is 23.5 Å². The standard InChI is InChI=1S/C25H27NO7S/c1-7-33-25(28)22-13-17(16-11-20(30-4)23(32-6)21(12-16)31-5)24(34-22)15-8-9-19(29-3)18(10-15)26-14(2)27/h8-13H,7H2,1-6H3,(H,26,27). The van der Waals surface area contributed by atoms with Crippen molar-refractivity contribution in [1.82, 2.24) is 0 Å². The minimum Gasteiger partial charge on any atom is -0.495 e. The summed E-state index contributed by atoms with van der Waals surface area (Å²) in [7, 11) is 6.16. The largest absolute Gasteiger partial charge is 0.495 e. The van der Waals surface area contributed by atoms with E-state index < -0.39 is 5.97 Å². The number of hydrogen-bond donors (Lipinski definition) is 1. The summed E-state index contributed by atoms with van der Waals surface area (Å²) in [5, 5.41) is 2.79. The molecule has 0 spiro atoms. The van der Waals surface area contributed by atoms with Crippen LogP contribution in [0.3, 0.4) is 0 Å². The number of hydrogen-bond acceptors (Lipinski definition) is 8. The molecule has 0 aliphatic carbocycles. The van der Waals surface area contributed by atoms with E-state index in [0.717, 1.165) is 21.6 Å². The SMILES string of the molecule is CCOC(=O)c1cc(-c2cc(OC)c(OC)c(OC)c2)c(-c2ccc(OC)c(NC(C)=O)c2)s1. The fourth-order valence-electron chi connectivity index (χ4n) is 3.50. The first-order valence-corrected chi connectivity index (χ1v) is 11.3. The average Bonchev–Trinajstić information content (AvgIpc) is 3.28. The van der Waals surface area contributed by atoms with E-state index in [9.17, 15) is 9.59 Å². The van der Waals surface area contributed by atoms with Crippen LogP contribution in [0, 0.1) is 0 Å². The molecule has 180 valence electrons. The van der Waals surface area contributed by atoms with Gasteiger partial charge in [-0.3, -0.25) is 4.79 Å². The number of esters is 1. The Labute approximate surface area is 202 Å². The summed E-state index contributed by atoms with van der Waals surface area (Å²) >= 11 is 1.29. The zero-order valence-corrected chi connectivity index (χ0v) is 20.8. The first kappa shape index (κ1) is 24.9. The van der Waals surface area contributed by atoms with E-state index in [2.05, 4.69) is 5.32 Å². The second-order valence-corrected chi connectivity index (χ2v) is 8.14. The molecule has 1 aromatic heterocycles. The highest BCUT2D eigenvalue weighted by Gasteiger charge is 2.22. The van der Waals surface area contributed by atoms with Crippen LogP contribution >= 0.6 is 11.3 Å². The van der Waals surface area contributed by atoms with Gasteiger partial charge in [0.25, 0.3) is 0 Å². The van der Waals surface area contributed by atoms with Gasteiger partial charge in [0.15, 0.2) is 11.5 Å². The number of thiophene rings is 1. The number of anilines is 1. The Bertz CT molecular complexity index is 1180. The molecule has 0 atom stereocenters. The Morgan fingerprint density at radius 3 is 2.03 bits per heavy atom. The highest BCUT2D eigenvalue weighted by Crippen LogP contribution is 2.46. The summed E-state index contributed by atoms with van der Waals surface area (Å²) in [6.07, 6.45) is 0. The number of carbonyl (C=O) groups excluding carboxylic acids is 2. The molecule has 0 unspecified atom stereocenters. The van der Waals surface area contributed by atoms with E-state index in [1.165, 1.54) is 32.5 Å². The topological polar surface area (TPSA) is 92.3 Å². The Morgan fingerprint density at radius 1 is 0.853 bits per heavy atom. The van der Waals surface area contributed by atoms with Crippen molar-refractivity contribution >= 4 is 28.9 Å². The molecule has 0 saturated carbocycles. The zero-order chi connectivity index (χ0) is 24.8. The van der Waals surface area contributed by atoms with Gasteiger partial charge in [-0.25, -0.2) is 4.79 Å². The van der Waals surface area contributed by atoms with Crippen molar-refractivity contribution in [1.29, 1.82) is 0 Å². The van der Waals surface area contributed by atoms with Crippen LogP contribution < -0.4 is 24.3 Å². The highest BCUT2D eigenvalue weighted by molar-refractivity contribution is 7.18. The lowest BCUT2D eigenvalue weighted by Gasteiger charge is -2.15. The van der Waals surface area contributed by atoms with Gasteiger partial charge < -0.3 is 29.0 Å². The van der Waals surface area contributed by atoms with Crippen molar-refractivity contribution in [3.8, 4) is 44.6 Å². The summed E-state index contributed by atoms with van der Waals surface area (Å²) < 4.78 is 27.1. The van der Waals surface area contributed by atoms with E-state index in [4.69, 9.17) is 23.7 Å². The minimum atomic E-state index is -0.414. The molecular weight excluding hydrogens is 458 g/mol. The van der Waals surface area contributed by atoms with Crippen LogP contribution in [0.5, 0.6) is 23.0 Å². The number of methoxy groups -OCH3 is 4. The third-order valence-electron chi connectivity index (χ3n) is 4.96. The highest BCUT2D eigenvalue weighted by atomic mass is 32.1. The molecule has 2 aromatic carbocycles. The summed E-state index contributed by atoms with van der Waals surface area (Å²) in [4.78, 5) is 25.5. The normalized spacial score (nSPS) is 10.4. The fraction of sp³-hybridized carbons (Fsp3) is 0.280. The van der Waals surface area contributed by atoms with Crippen molar-refractivity contribution in [2.75, 3.05) is 40.4 Å². The van der Waals surface area contributed by atoms with Gasteiger partial charge in [0, 0.05) is 17.4 Å². The first-order valence-electron chi connectivity index (χ1n) is 10.4. The molecule has 1 heterocycles. The molecule has 0 aliphatic rings. The Hall–Kier alpha value is -3.72. The number of nitrogens with one attached hydrogen (secondary N) is 1. The predicted octanol–water partition coefficient (Wildman–Crippen LogP) is 5.25. The number of ether oxygens (including phenoxy) is 5. The van der Waals surface area contributed by atoms with Gasteiger partial charge in [0.2, 0.25) is 11.7 Å². The molecule has 1 N–H and O–H groups in total. The number of amides is 1. The van der Waals surface area contributed by atoms with Gasteiger partial charge >= 0.3 is 5.97 Å². The van der Waals surface area contributed by atoms with E-state index in [1.54, 1.807) is 33.3 Å². The molecule has 0 aliphatic heterocycles. The summed E-state index contributed by atoms with van der Waals surface area (Å²) in [6, 6.07) is 10.9. The van der Waals surface area contributed by atoms with Crippen LogP contribution in [0.15, 0.2) is 36.4 Å². The smallest absolute Gasteiger partial charge is 0.348 e. The molecule has 0 fully saturated rings. The summed E-state index contributed by atoms with van der Waals surface area (Å²) in [5.74, 6) is 1.33. The second kappa shape index (κ2) is 10.9.